The molecule has 0 spiro atoms. The van der Waals surface area contributed by atoms with Gasteiger partial charge >= 0.3 is 12.1 Å². The molecule has 0 radical (unpaired) electrons. The maximum Gasteiger partial charge on any atom is 0.415 e. The van der Waals surface area contributed by atoms with Crippen molar-refractivity contribution in [1.29, 1.82) is 0 Å². The molecule has 1 aromatic carbocycles. The van der Waals surface area contributed by atoms with Crippen LogP contribution in [-0.2, 0) is 39.6 Å². The largest absolute Gasteiger partial charge is 0.458 e. The predicted molar refractivity (Wildman–Crippen MR) is 232 cm³/mol. The zero-order valence-corrected chi connectivity index (χ0v) is 36.3. The summed E-state index contributed by atoms with van der Waals surface area (Å²) < 4.78 is 13.0. The van der Waals surface area contributed by atoms with E-state index in [9.17, 15) is 29.1 Å². The minimum absolute atomic E-state index is 0.0534. The van der Waals surface area contributed by atoms with Gasteiger partial charge in [-0.1, -0.05) is 26.2 Å². The van der Waals surface area contributed by atoms with Gasteiger partial charge in [-0.3, -0.25) is 14.4 Å². The van der Waals surface area contributed by atoms with E-state index in [-0.39, 0.29) is 72.1 Å². The smallest absolute Gasteiger partial charge is 0.415 e. The van der Waals surface area contributed by atoms with E-state index in [1.54, 1.807) is 47.7 Å². The van der Waals surface area contributed by atoms with Gasteiger partial charge < -0.3 is 44.5 Å². The quantitative estimate of drug-likeness (QED) is 0.189. The molecule has 2 saturated heterocycles. The van der Waals surface area contributed by atoms with E-state index in [0.717, 1.165) is 42.2 Å². The number of esters is 1. The second-order valence-electron chi connectivity index (χ2n) is 17.8. The number of carbonyl (C=O) groups excluding carboxylic acids is 4. The molecule has 0 bridgehead atoms. The lowest BCUT2D eigenvalue weighted by atomic mass is 9.86. The Bertz CT molecular complexity index is 2530. The van der Waals surface area contributed by atoms with Crippen LogP contribution in [0.5, 0.6) is 5.75 Å². The first kappa shape index (κ1) is 42.4. The van der Waals surface area contributed by atoms with E-state index < -0.39 is 17.7 Å². The third-order valence-corrected chi connectivity index (χ3v) is 13.8. The predicted octanol–water partition coefficient (Wildman–Crippen LogP) is 3.99. The molecule has 4 aliphatic heterocycles. The summed E-state index contributed by atoms with van der Waals surface area (Å²) in [5, 5.41) is 26.9. The number of hydrogen-bond acceptors (Lipinski definition) is 13. The van der Waals surface area contributed by atoms with Crippen molar-refractivity contribution in [3.63, 3.8) is 0 Å². The van der Waals surface area contributed by atoms with Crippen LogP contribution in [0.1, 0.15) is 105 Å². The molecular weight excluding hydrogens is 807 g/mol. The Morgan fingerprint density at radius 3 is 2.41 bits per heavy atom. The van der Waals surface area contributed by atoms with Crippen LogP contribution in [0.4, 0.5) is 10.6 Å². The number of rotatable bonds is 8. The average molecular weight is 862 g/mol. The lowest BCUT2D eigenvalue weighted by Gasteiger charge is -2.45. The number of amides is 3. The highest BCUT2D eigenvalue weighted by Gasteiger charge is 2.45. The molecule has 3 amide bonds. The van der Waals surface area contributed by atoms with E-state index in [1.165, 1.54) is 6.42 Å². The number of piperazine rings is 1. The fourth-order valence-corrected chi connectivity index (χ4v) is 10.1. The molecule has 17 heteroatoms. The number of cyclic esters (lactones) is 1. The first-order valence-electron chi connectivity index (χ1n) is 22.3. The number of ether oxygens (including phenoxy) is 2. The highest BCUT2D eigenvalue weighted by molar-refractivity contribution is 5.92. The van der Waals surface area contributed by atoms with E-state index >= 15 is 0 Å². The lowest BCUT2D eigenvalue weighted by molar-refractivity contribution is -0.172. The Balaban J connectivity index is 0.843. The van der Waals surface area contributed by atoms with Gasteiger partial charge in [-0.2, -0.15) is 0 Å². The van der Waals surface area contributed by atoms with E-state index in [4.69, 9.17) is 14.5 Å². The van der Waals surface area contributed by atoms with Crippen molar-refractivity contribution in [2.24, 2.45) is 5.92 Å². The normalized spacial score (nSPS) is 22.6. The minimum Gasteiger partial charge on any atom is -0.458 e. The molecule has 3 aromatic heterocycles. The van der Waals surface area contributed by atoms with Crippen molar-refractivity contribution in [3.8, 4) is 17.1 Å². The maximum absolute atomic E-state index is 14.0. The molecule has 1 saturated carbocycles. The third-order valence-electron chi connectivity index (χ3n) is 13.8. The van der Waals surface area contributed by atoms with Crippen LogP contribution in [-0.4, -0.2) is 110 Å². The summed E-state index contributed by atoms with van der Waals surface area (Å²) in [5.74, 6) is 0.0336. The molecule has 5 aliphatic rings. The summed E-state index contributed by atoms with van der Waals surface area (Å²) in [5.41, 5.74) is 1.80. The SMILES string of the molecule is CC[C@@]1(O)C(=O)OCc2c1cc1n(c2=O)Cc2cc3c(CNC)c(OC(=O)N4C[C@H](C)N(C(=O)C5CCN(c6ccc(C(=O)NC7CCCCC7)nn6)CC5)C[C@H]4C)ccc3nc2-1. The van der Waals surface area contributed by atoms with Crippen molar-refractivity contribution in [2.75, 3.05) is 38.1 Å². The number of benzene rings is 1. The van der Waals surface area contributed by atoms with Gasteiger partial charge in [0.15, 0.2) is 17.1 Å². The summed E-state index contributed by atoms with van der Waals surface area (Å²) in [6.45, 7) is 7.93. The number of fused-ring (bicyclic) bond motifs is 5. The van der Waals surface area contributed by atoms with Gasteiger partial charge in [0.25, 0.3) is 11.5 Å². The monoisotopic (exact) mass is 861 g/mol. The molecule has 3 N–H and O–H groups in total. The second-order valence-corrected chi connectivity index (χ2v) is 17.8. The fourth-order valence-electron chi connectivity index (χ4n) is 10.1. The van der Waals surface area contributed by atoms with Gasteiger partial charge in [-0.15, -0.1) is 10.2 Å². The number of piperidine rings is 1. The van der Waals surface area contributed by atoms with Crippen LogP contribution in [0.3, 0.4) is 0 Å². The number of pyridine rings is 2. The number of carbonyl (C=O) groups is 4. The van der Waals surface area contributed by atoms with Crippen molar-refractivity contribution >= 4 is 40.6 Å². The molecule has 0 unspecified atom stereocenters. The summed E-state index contributed by atoms with van der Waals surface area (Å²) in [7, 11) is 1.80. The van der Waals surface area contributed by atoms with Crippen LogP contribution in [0, 0.1) is 5.92 Å². The Labute approximate surface area is 365 Å². The van der Waals surface area contributed by atoms with Gasteiger partial charge in [0.1, 0.15) is 12.4 Å². The van der Waals surface area contributed by atoms with Gasteiger partial charge in [-0.25, -0.2) is 14.6 Å². The molecule has 9 rings (SSSR count). The molecule has 3 atom stereocenters. The van der Waals surface area contributed by atoms with Crippen LogP contribution in [0.15, 0.2) is 41.2 Å². The van der Waals surface area contributed by atoms with Crippen LogP contribution in [0.25, 0.3) is 22.3 Å². The molecule has 7 heterocycles. The number of anilines is 1. The standard InChI is InChI=1S/C46H55N9O8/c1-5-46(61)34-20-37-40-29(24-55(37)43(58)33(34)25-62-44(46)59)19-31-32(21-47-4)38(13-11-35(31)49-40)63-45(60)54-23-26(2)53(22-27(54)3)42(57)28-15-17-52(18-16-28)39-14-12-36(50-51-39)41(56)48-30-9-7-6-8-10-30/h11-14,19-20,26-28,30,47,61H,5-10,15-18,21-25H2,1-4H3,(H,48,56)/t26-,27+,46-/m0/s1. The highest BCUT2D eigenvalue weighted by atomic mass is 16.6. The first-order valence-corrected chi connectivity index (χ1v) is 22.3. The van der Waals surface area contributed by atoms with E-state index in [2.05, 4.69) is 25.7 Å². The topological polar surface area (TPSA) is 201 Å². The number of nitrogens with one attached hydrogen (secondary N) is 2. The molecule has 1 aliphatic carbocycles. The summed E-state index contributed by atoms with van der Waals surface area (Å²) in [6.07, 6.45) is 6.34. The lowest BCUT2D eigenvalue weighted by Crippen LogP contribution is -2.61. The van der Waals surface area contributed by atoms with Gasteiger partial charge in [0, 0.05) is 78.8 Å². The van der Waals surface area contributed by atoms with Gasteiger partial charge in [-0.05, 0) is 89.4 Å². The van der Waals surface area contributed by atoms with Crippen molar-refractivity contribution in [1.82, 2.24) is 40.2 Å². The van der Waals surface area contributed by atoms with Crippen LogP contribution < -0.4 is 25.8 Å². The van der Waals surface area contributed by atoms with E-state index in [1.807, 2.05) is 30.9 Å². The number of aromatic nitrogens is 4. The molecular formula is C46H55N9O8. The summed E-state index contributed by atoms with van der Waals surface area (Å²) >= 11 is 0. The van der Waals surface area contributed by atoms with Crippen LogP contribution in [0.2, 0.25) is 0 Å². The fraction of sp³-hybridized carbons (Fsp3) is 0.522. The van der Waals surface area contributed by atoms with E-state index in [0.29, 0.717) is 79.7 Å². The summed E-state index contributed by atoms with van der Waals surface area (Å²) in [6, 6.07) is 10.4. The number of aliphatic hydroxyl groups is 1. The molecule has 3 fully saturated rings. The van der Waals surface area contributed by atoms with Crippen molar-refractivity contribution < 1.29 is 33.8 Å². The number of hydrogen-bond donors (Lipinski definition) is 3. The average Bonchev–Trinajstić information content (AvgIpc) is 3.66. The summed E-state index contributed by atoms with van der Waals surface area (Å²) in [4.78, 5) is 77.6. The van der Waals surface area contributed by atoms with Crippen molar-refractivity contribution in [3.05, 3.63) is 74.7 Å². The Morgan fingerprint density at radius 2 is 1.70 bits per heavy atom. The number of nitrogens with zero attached hydrogens (tertiary/aromatic N) is 7. The Hall–Kier alpha value is -5.94. The Morgan fingerprint density at radius 1 is 0.952 bits per heavy atom. The van der Waals surface area contributed by atoms with Gasteiger partial charge in [0.2, 0.25) is 5.91 Å². The molecule has 4 aromatic rings. The first-order chi connectivity index (χ1) is 30.4. The zero-order chi connectivity index (χ0) is 44.2. The molecule has 332 valence electrons. The zero-order valence-electron chi connectivity index (χ0n) is 36.3. The second kappa shape index (κ2) is 17.0. The molecule has 63 heavy (non-hydrogen) atoms. The Kier molecular flexibility index (Phi) is 11.4. The van der Waals surface area contributed by atoms with Gasteiger partial charge in [0.05, 0.1) is 29.0 Å². The van der Waals surface area contributed by atoms with Crippen LogP contribution >= 0.6 is 0 Å². The maximum atomic E-state index is 14.0. The molecule has 17 nitrogen and oxygen atoms in total. The highest BCUT2D eigenvalue weighted by Crippen LogP contribution is 2.40. The van der Waals surface area contributed by atoms with Crippen molar-refractivity contribution in [2.45, 2.75) is 116 Å². The minimum atomic E-state index is -1.92. The third kappa shape index (κ3) is 7.68.